The van der Waals surface area contributed by atoms with E-state index in [1.54, 1.807) is 4.72 Å². The minimum Gasteiger partial charge on any atom is -0.435 e. The molecule has 0 aliphatic carbocycles. The molecule has 0 fully saturated rings. The summed E-state index contributed by atoms with van der Waals surface area (Å²) in [6.45, 7) is -1.80. The van der Waals surface area contributed by atoms with Gasteiger partial charge in [-0.1, -0.05) is 0 Å². The second-order valence-electron chi connectivity index (χ2n) is 8.81. The standard InChI is InChI=1S/C25H18F6N4O3S/c1-24(2,25(29,30)31)34-39(36,37)17-8-10-20(33-13-17)22-19(12-32)18-9-7-16(38-23(27)28)11-21(18)35(22)15-5-3-14(26)4-6-15/h3-11,13,23,34H,1-2H3. The second-order valence-corrected chi connectivity index (χ2v) is 10.5. The largest absolute Gasteiger partial charge is 0.435 e. The molecule has 4 rings (SSSR count). The van der Waals surface area contributed by atoms with Crippen LogP contribution in [0.2, 0.25) is 0 Å². The molecule has 0 radical (unpaired) electrons. The van der Waals surface area contributed by atoms with Gasteiger partial charge in [0.2, 0.25) is 10.0 Å². The Bertz CT molecular complexity index is 1670. The van der Waals surface area contributed by atoms with Crippen LogP contribution in [0.5, 0.6) is 5.75 Å². The molecule has 2 aromatic heterocycles. The van der Waals surface area contributed by atoms with Gasteiger partial charge in [-0.25, -0.2) is 12.8 Å². The Morgan fingerprint density at radius 1 is 1.05 bits per heavy atom. The van der Waals surface area contributed by atoms with Crippen LogP contribution in [0.3, 0.4) is 0 Å². The SMILES string of the molecule is CC(C)(NS(=O)(=O)c1ccc(-c2c(C#N)c3ccc(OC(F)F)cc3n2-c2ccc(F)cc2)nc1)C(F)(F)F. The van der Waals surface area contributed by atoms with Crippen LogP contribution < -0.4 is 9.46 Å². The van der Waals surface area contributed by atoms with E-state index in [2.05, 4.69) is 9.72 Å². The van der Waals surface area contributed by atoms with E-state index in [1.165, 1.54) is 41.0 Å². The van der Waals surface area contributed by atoms with Crippen LogP contribution >= 0.6 is 0 Å². The first-order valence-electron chi connectivity index (χ1n) is 11.0. The highest BCUT2D eigenvalue weighted by molar-refractivity contribution is 7.89. The van der Waals surface area contributed by atoms with Crippen molar-refractivity contribution in [2.24, 2.45) is 0 Å². The van der Waals surface area contributed by atoms with Crippen molar-refractivity contribution in [2.45, 2.75) is 37.1 Å². The highest BCUT2D eigenvalue weighted by atomic mass is 32.2. The highest BCUT2D eigenvalue weighted by Crippen LogP contribution is 2.38. The van der Waals surface area contributed by atoms with Crippen LogP contribution in [0.1, 0.15) is 19.4 Å². The zero-order valence-corrected chi connectivity index (χ0v) is 20.9. The molecule has 0 spiro atoms. The molecule has 0 saturated heterocycles. The molecule has 0 saturated carbocycles. The molecule has 0 bridgehead atoms. The number of sulfonamides is 1. The average Bonchev–Trinajstić information content (AvgIpc) is 3.16. The van der Waals surface area contributed by atoms with Gasteiger partial charge in [0.25, 0.3) is 0 Å². The lowest BCUT2D eigenvalue weighted by molar-refractivity contribution is -0.180. The summed E-state index contributed by atoms with van der Waals surface area (Å²) in [7, 11) is -4.66. The zero-order valence-electron chi connectivity index (χ0n) is 20.1. The smallest absolute Gasteiger partial charge is 0.407 e. The molecule has 1 N–H and O–H groups in total. The molecule has 2 heterocycles. The predicted octanol–water partition coefficient (Wildman–Crippen LogP) is 5.92. The summed E-state index contributed by atoms with van der Waals surface area (Å²) in [5, 5.41) is 10.3. The van der Waals surface area contributed by atoms with Crippen molar-refractivity contribution in [2.75, 3.05) is 0 Å². The number of nitrogens with zero attached hydrogens (tertiary/aromatic N) is 3. The number of rotatable bonds is 7. The minimum atomic E-state index is -4.88. The van der Waals surface area contributed by atoms with E-state index in [0.717, 1.165) is 24.4 Å². The molecule has 0 atom stereocenters. The average molecular weight is 568 g/mol. The van der Waals surface area contributed by atoms with E-state index in [1.807, 2.05) is 6.07 Å². The first-order chi connectivity index (χ1) is 18.1. The highest BCUT2D eigenvalue weighted by Gasteiger charge is 2.49. The van der Waals surface area contributed by atoms with Crippen molar-refractivity contribution in [1.82, 2.24) is 14.3 Å². The first kappa shape index (κ1) is 27.9. The fourth-order valence-corrected chi connectivity index (χ4v) is 5.13. The quantitative estimate of drug-likeness (QED) is 0.279. The topological polar surface area (TPSA) is 97.0 Å². The number of alkyl halides is 5. The van der Waals surface area contributed by atoms with Gasteiger partial charge in [-0.05, 0) is 62.4 Å². The number of hydrogen-bond donors (Lipinski definition) is 1. The van der Waals surface area contributed by atoms with Crippen LogP contribution in [0.4, 0.5) is 26.3 Å². The van der Waals surface area contributed by atoms with E-state index in [-0.39, 0.29) is 28.2 Å². The van der Waals surface area contributed by atoms with Crippen molar-refractivity contribution in [3.8, 4) is 28.9 Å². The van der Waals surface area contributed by atoms with Crippen molar-refractivity contribution in [3.05, 3.63) is 72.2 Å². The third-order valence-electron chi connectivity index (χ3n) is 5.75. The fourth-order valence-electron chi connectivity index (χ4n) is 3.79. The van der Waals surface area contributed by atoms with Crippen LogP contribution in [0.15, 0.2) is 65.7 Å². The summed E-state index contributed by atoms with van der Waals surface area (Å²) in [4.78, 5) is 3.52. The Hall–Kier alpha value is -4.09. The summed E-state index contributed by atoms with van der Waals surface area (Å²) in [5.41, 5.74) is -2.10. The Labute approximate surface area is 218 Å². The minimum absolute atomic E-state index is 0.0253. The van der Waals surface area contributed by atoms with Gasteiger partial charge in [-0.2, -0.15) is 31.9 Å². The van der Waals surface area contributed by atoms with Crippen molar-refractivity contribution >= 4 is 20.9 Å². The second kappa shape index (κ2) is 9.90. The number of fused-ring (bicyclic) bond motifs is 1. The Balaban J connectivity index is 1.90. The van der Waals surface area contributed by atoms with Gasteiger partial charge in [0.15, 0.2) is 0 Å². The number of nitriles is 1. The number of halogens is 6. The van der Waals surface area contributed by atoms with Crippen LogP contribution in [0.25, 0.3) is 28.0 Å². The molecule has 204 valence electrons. The van der Waals surface area contributed by atoms with Crippen molar-refractivity contribution < 1.29 is 39.5 Å². The molecule has 0 amide bonds. The van der Waals surface area contributed by atoms with E-state index < -0.39 is 39.1 Å². The van der Waals surface area contributed by atoms with Crippen molar-refractivity contribution in [3.63, 3.8) is 0 Å². The Kier molecular flexibility index (Phi) is 7.09. The summed E-state index contributed by atoms with van der Waals surface area (Å²) in [6.07, 6.45) is -4.05. The Morgan fingerprint density at radius 2 is 1.72 bits per heavy atom. The lowest BCUT2D eigenvalue weighted by atomic mass is 10.1. The van der Waals surface area contributed by atoms with Crippen LogP contribution in [-0.2, 0) is 10.0 Å². The molecule has 0 aliphatic heterocycles. The molecular weight excluding hydrogens is 550 g/mol. The predicted molar refractivity (Wildman–Crippen MR) is 128 cm³/mol. The lowest BCUT2D eigenvalue weighted by Gasteiger charge is -2.28. The van der Waals surface area contributed by atoms with Gasteiger partial charge >= 0.3 is 12.8 Å². The first-order valence-corrected chi connectivity index (χ1v) is 12.5. The summed E-state index contributed by atoms with van der Waals surface area (Å²) >= 11 is 0. The number of hydrogen-bond acceptors (Lipinski definition) is 5. The molecular formula is C25H18F6N4O3S. The number of pyridine rings is 1. The normalized spacial score (nSPS) is 12.6. The maximum absolute atomic E-state index is 13.7. The van der Waals surface area contributed by atoms with E-state index >= 15 is 0 Å². The van der Waals surface area contributed by atoms with Gasteiger partial charge in [0.1, 0.15) is 28.1 Å². The fraction of sp³-hybridized carbons (Fsp3) is 0.200. The molecule has 7 nitrogen and oxygen atoms in total. The van der Waals surface area contributed by atoms with Crippen LogP contribution in [-0.4, -0.2) is 36.3 Å². The maximum atomic E-state index is 13.7. The van der Waals surface area contributed by atoms with E-state index in [4.69, 9.17) is 0 Å². The molecule has 2 aromatic carbocycles. The lowest BCUT2D eigenvalue weighted by Crippen LogP contribution is -2.54. The number of aromatic nitrogens is 2. The third kappa shape index (κ3) is 5.41. The maximum Gasteiger partial charge on any atom is 0.407 e. The van der Waals surface area contributed by atoms with E-state index in [9.17, 15) is 40.0 Å². The molecule has 0 aliphatic rings. The number of benzene rings is 2. The summed E-state index contributed by atoms with van der Waals surface area (Å²) < 4.78 is 112. The number of ether oxygens (including phenoxy) is 1. The van der Waals surface area contributed by atoms with Crippen LogP contribution in [0, 0.1) is 17.1 Å². The monoisotopic (exact) mass is 568 g/mol. The molecule has 0 unspecified atom stereocenters. The van der Waals surface area contributed by atoms with Crippen molar-refractivity contribution in [1.29, 1.82) is 5.26 Å². The van der Waals surface area contributed by atoms with Gasteiger partial charge in [-0.3, -0.25) is 4.98 Å². The van der Waals surface area contributed by atoms with E-state index in [0.29, 0.717) is 24.9 Å². The summed E-state index contributed by atoms with van der Waals surface area (Å²) in [6, 6.07) is 13.0. The molecule has 39 heavy (non-hydrogen) atoms. The third-order valence-corrected chi connectivity index (χ3v) is 7.39. The Morgan fingerprint density at radius 3 is 2.26 bits per heavy atom. The van der Waals surface area contributed by atoms with Gasteiger partial charge < -0.3 is 9.30 Å². The number of nitrogens with one attached hydrogen (secondary N) is 1. The molecule has 4 aromatic rings. The molecule has 14 heteroatoms. The van der Waals surface area contributed by atoms with Gasteiger partial charge in [0.05, 0.1) is 22.5 Å². The summed E-state index contributed by atoms with van der Waals surface area (Å²) in [5.74, 6) is -0.789. The zero-order chi connectivity index (χ0) is 28.8. The van der Waals surface area contributed by atoms with Gasteiger partial charge in [-0.15, -0.1) is 0 Å². The van der Waals surface area contributed by atoms with Gasteiger partial charge in [0, 0.05) is 23.3 Å².